The van der Waals surface area contributed by atoms with Crippen LogP contribution in [0.4, 0.5) is 5.69 Å². The monoisotopic (exact) mass is 384 g/mol. The topological polar surface area (TPSA) is 32.3 Å². The molecule has 0 saturated heterocycles. The third-order valence-electron chi connectivity index (χ3n) is 4.24. The maximum Gasteiger partial charge on any atom is 0.238 e. The van der Waals surface area contributed by atoms with Crippen LogP contribution in [0, 0.1) is 6.92 Å². The number of hydrogen-bond donors (Lipinski definition) is 1. The predicted octanol–water partition coefficient (Wildman–Crippen LogP) is 4.30. The molecule has 1 aliphatic carbocycles. The summed E-state index contributed by atoms with van der Waals surface area (Å²) in [6.45, 7) is 4.69. The molecule has 1 N–H and O–H groups in total. The molecule has 1 fully saturated rings. The summed E-state index contributed by atoms with van der Waals surface area (Å²) in [4.78, 5) is 14.5. The number of amides is 1. The number of benzene rings is 1. The summed E-state index contributed by atoms with van der Waals surface area (Å²) in [5.74, 6) is 1.25. The zero-order valence-corrected chi connectivity index (χ0v) is 16.0. The van der Waals surface area contributed by atoms with Crippen molar-refractivity contribution in [3.8, 4) is 0 Å². The van der Waals surface area contributed by atoms with Crippen LogP contribution in [-0.4, -0.2) is 41.4 Å². The van der Waals surface area contributed by atoms with Gasteiger partial charge in [0, 0.05) is 21.5 Å². The molecule has 2 atom stereocenters. The molecule has 1 saturated carbocycles. The number of carbonyl (C=O) groups is 1. The number of carbonyl (C=O) groups excluding carboxylic acids is 1. The Morgan fingerprint density at radius 3 is 2.91 bits per heavy atom. The van der Waals surface area contributed by atoms with E-state index in [2.05, 4.69) is 51.9 Å². The number of anilines is 1. The molecule has 0 bridgehead atoms. The second kappa shape index (κ2) is 8.37. The van der Waals surface area contributed by atoms with E-state index in [1.807, 2.05) is 25.1 Å². The standard InChI is InChI=1S/C17H25BrN2OS/c1-4-22-15-7-6-14(10-15)20(3)11-17(21)19-16-8-5-13(18)9-12(16)2/h5,8-9,14-15H,4,6-7,10-11H2,1-3H3,(H,19,21)/t14-,15+/m0/s1. The Kier molecular flexibility index (Phi) is 6.78. The van der Waals surface area contributed by atoms with E-state index in [4.69, 9.17) is 0 Å². The maximum atomic E-state index is 12.3. The number of aryl methyl sites for hydroxylation is 1. The average Bonchev–Trinajstić information content (AvgIpc) is 2.91. The van der Waals surface area contributed by atoms with E-state index in [1.165, 1.54) is 25.0 Å². The largest absolute Gasteiger partial charge is 0.325 e. The van der Waals surface area contributed by atoms with Gasteiger partial charge in [-0.3, -0.25) is 9.69 Å². The van der Waals surface area contributed by atoms with Crippen LogP contribution in [0.15, 0.2) is 22.7 Å². The summed E-state index contributed by atoms with van der Waals surface area (Å²) in [6.07, 6.45) is 3.69. The van der Waals surface area contributed by atoms with Gasteiger partial charge in [0.25, 0.3) is 0 Å². The first-order valence-corrected chi connectivity index (χ1v) is 9.71. The molecule has 1 aromatic carbocycles. The van der Waals surface area contributed by atoms with Crippen LogP contribution in [0.1, 0.15) is 31.7 Å². The van der Waals surface area contributed by atoms with Gasteiger partial charge in [0.15, 0.2) is 0 Å². The van der Waals surface area contributed by atoms with Gasteiger partial charge in [-0.2, -0.15) is 11.8 Å². The second-order valence-electron chi connectivity index (χ2n) is 5.97. The smallest absolute Gasteiger partial charge is 0.238 e. The summed E-state index contributed by atoms with van der Waals surface area (Å²) in [7, 11) is 2.07. The van der Waals surface area contributed by atoms with Crippen molar-refractivity contribution in [2.45, 2.75) is 44.4 Å². The highest BCUT2D eigenvalue weighted by Gasteiger charge is 2.28. The molecule has 0 radical (unpaired) electrons. The highest BCUT2D eigenvalue weighted by Crippen LogP contribution is 2.32. The lowest BCUT2D eigenvalue weighted by molar-refractivity contribution is -0.117. The minimum Gasteiger partial charge on any atom is -0.325 e. The summed E-state index contributed by atoms with van der Waals surface area (Å²) in [5, 5.41) is 3.79. The quantitative estimate of drug-likeness (QED) is 0.793. The molecule has 1 amide bonds. The number of likely N-dealkylation sites (N-methyl/N-ethyl adjacent to an activating group) is 1. The van der Waals surface area contributed by atoms with Crippen molar-refractivity contribution in [1.29, 1.82) is 0 Å². The Bertz CT molecular complexity index is 523. The van der Waals surface area contributed by atoms with E-state index < -0.39 is 0 Å². The van der Waals surface area contributed by atoms with Crippen molar-refractivity contribution >= 4 is 39.3 Å². The van der Waals surface area contributed by atoms with Crippen LogP contribution in [0.2, 0.25) is 0 Å². The molecule has 1 aliphatic rings. The van der Waals surface area contributed by atoms with Crippen LogP contribution in [0.25, 0.3) is 0 Å². The van der Waals surface area contributed by atoms with E-state index in [-0.39, 0.29) is 5.91 Å². The Morgan fingerprint density at radius 1 is 1.45 bits per heavy atom. The highest BCUT2D eigenvalue weighted by molar-refractivity contribution is 9.10. The number of hydrogen-bond acceptors (Lipinski definition) is 3. The third kappa shape index (κ3) is 5.00. The van der Waals surface area contributed by atoms with Crippen LogP contribution in [0.5, 0.6) is 0 Å². The molecule has 0 aromatic heterocycles. The number of halogens is 1. The molecule has 2 rings (SSSR count). The van der Waals surface area contributed by atoms with Gasteiger partial charge in [0.2, 0.25) is 5.91 Å². The van der Waals surface area contributed by atoms with Gasteiger partial charge in [-0.05, 0) is 62.7 Å². The molecule has 5 heteroatoms. The van der Waals surface area contributed by atoms with Gasteiger partial charge in [-0.25, -0.2) is 0 Å². The summed E-state index contributed by atoms with van der Waals surface area (Å²) >= 11 is 5.50. The van der Waals surface area contributed by atoms with Crippen molar-refractivity contribution in [3.05, 3.63) is 28.2 Å². The molecule has 122 valence electrons. The van der Waals surface area contributed by atoms with Crippen molar-refractivity contribution in [3.63, 3.8) is 0 Å². The minimum absolute atomic E-state index is 0.0690. The molecule has 0 aliphatic heterocycles. The van der Waals surface area contributed by atoms with Crippen LogP contribution >= 0.6 is 27.7 Å². The second-order valence-corrected chi connectivity index (χ2v) is 8.46. The zero-order valence-electron chi connectivity index (χ0n) is 13.6. The minimum atomic E-state index is 0.0690. The van der Waals surface area contributed by atoms with Crippen molar-refractivity contribution < 1.29 is 4.79 Å². The zero-order chi connectivity index (χ0) is 16.1. The molecule has 3 nitrogen and oxygen atoms in total. The Hall–Kier alpha value is -0.520. The number of thioether (sulfide) groups is 1. The van der Waals surface area contributed by atoms with Gasteiger partial charge in [-0.15, -0.1) is 0 Å². The van der Waals surface area contributed by atoms with E-state index in [9.17, 15) is 4.79 Å². The predicted molar refractivity (Wildman–Crippen MR) is 99.7 cm³/mol. The number of nitrogens with one attached hydrogen (secondary N) is 1. The molecule has 22 heavy (non-hydrogen) atoms. The summed E-state index contributed by atoms with van der Waals surface area (Å²) < 4.78 is 1.03. The molecular weight excluding hydrogens is 360 g/mol. The highest BCUT2D eigenvalue weighted by atomic mass is 79.9. The van der Waals surface area contributed by atoms with E-state index in [0.29, 0.717) is 12.6 Å². The Balaban J connectivity index is 1.84. The fourth-order valence-electron chi connectivity index (χ4n) is 3.02. The molecule has 0 spiro atoms. The van der Waals surface area contributed by atoms with E-state index in [0.717, 1.165) is 21.0 Å². The first-order valence-electron chi connectivity index (χ1n) is 7.87. The maximum absolute atomic E-state index is 12.3. The van der Waals surface area contributed by atoms with Crippen LogP contribution in [0.3, 0.4) is 0 Å². The molecule has 1 aromatic rings. The van der Waals surface area contributed by atoms with E-state index in [1.54, 1.807) is 0 Å². The lowest BCUT2D eigenvalue weighted by atomic mass is 10.2. The van der Waals surface area contributed by atoms with Crippen molar-refractivity contribution in [1.82, 2.24) is 4.90 Å². The normalized spacial score (nSPS) is 21.3. The average molecular weight is 385 g/mol. The number of rotatable bonds is 6. The van der Waals surface area contributed by atoms with Gasteiger partial charge in [0.05, 0.1) is 6.54 Å². The van der Waals surface area contributed by atoms with Gasteiger partial charge in [0.1, 0.15) is 0 Å². The van der Waals surface area contributed by atoms with Crippen molar-refractivity contribution in [2.75, 3.05) is 24.7 Å². The molecule has 0 heterocycles. The SMILES string of the molecule is CCS[C@@H]1CC[C@H](N(C)CC(=O)Nc2ccc(Br)cc2C)C1. The first-order chi connectivity index (χ1) is 10.5. The lowest BCUT2D eigenvalue weighted by Gasteiger charge is -2.24. The lowest BCUT2D eigenvalue weighted by Crippen LogP contribution is -2.37. The van der Waals surface area contributed by atoms with Gasteiger partial charge >= 0.3 is 0 Å². The number of nitrogens with zero attached hydrogens (tertiary/aromatic N) is 1. The summed E-state index contributed by atoms with van der Waals surface area (Å²) in [5.41, 5.74) is 1.97. The fraction of sp³-hybridized carbons (Fsp3) is 0.588. The van der Waals surface area contributed by atoms with E-state index >= 15 is 0 Å². The first kappa shape index (κ1) is 17.8. The van der Waals surface area contributed by atoms with Crippen molar-refractivity contribution in [2.24, 2.45) is 0 Å². The summed E-state index contributed by atoms with van der Waals surface area (Å²) in [6, 6.07) is 6.46. The van der Waals surface area contributed by atoms with Crippen LogP contribution in [-0.2, 0) is 4.79 Å². The van der Waals surface area contributed by atoms with Crippen LogP contribution < -0.4 is 5.32 Å². The van der Waals surface area contributed by atoms with Gasteiger partial charge < -0.3 is 5.32 Å². The Labute approximate surface area is 146 Å². The molecular formula is C17H25BrN2OS. The van der Waals surface area contributed by atoms with Gasteiger partial charge in [-0.1, -0.05) is 22.9 Å². The fourth-order valence-corrected chi connectivity index (χ4v) is 4.63. The molecule has 0 unspecified atom stereocenters. The Morgan fingerprint density at radius 2 is 2.23 bits per heavy atom. The third-order valence-corrected chi connectivity index (χ3v) is 5.96.